The van der Waals surface area contributed by atoms with Gasteiger partial charge in [-0.05, 0) is 42.0 Å². The highest BCUT2D eigenvalue weighted by Crippen LogP contribution is 2.32. The summed E-state index contributed by atoms with van der Waals surface area (Å²) in [5, 5.41) is 12.2. The van der Waals surface area contributed by atoms with Crippen molar-refractivity contribution in [2.45, 2.75) is 17.5 Å². The lowest BCUT2D eigenvalue weighted by molar-refractivity contribution is -0.129. The summed E-state index contributed by atoms with van der Waals surface area (Å²) >= 11 is 5.94. The molecule has 1 unspecified atom stereocenters. The summed E-state index contributed by atoms with van der Waals surface area (Å²) in [6, 6.07) is 9.13. The Morgan fingerprint density at radius 2 is 1.95 bits per heavy atom. The van der Waals surface area contributed by atoms with Crippen LogP contribution in [0, 0.1) is 5.82 Å². The van der Waals surface area contributed by atoms with E-state index in [0.717, 1.165) is 22.8 Å². The number of rotatable bonds is 8. The molecule has 0 radical (unpaired) electrons. The van der Waals surface area contributed by atoms with Crippen LogP contribution in [0.25, 0.3) is 22.0 Å². The van der Waals surface area contributed by atoms with Gasteiger partial charge < -0.3 is 15.2 Å². The molecule has 1 atom stereocenters. The monoisotopic (exact) mass is 561 g/mol. The molecule has 0 aliphatic heterocycles. The standard InChI is InChI=1S/C24H21ClFN5O6S/c1-27-22(33)20(32)11-31-12-29-18-5-3-13(7-16(18)24(31)34)14-8-19(23(37-2)28-10-14)30-38(35,36)21-6-4-15(26)9-17(21)25/h3-10,12,20,30,32H,11H2,1-2H3,(H,27,33). The van der Waals surface area contributed by atoms with Gasteiger partial charge in [0.1, 0.15) is 16.4 Å². The highest BCUT2D eigenvalue weighted by Gasteiger charge is 2.22. The Balaban J connectivity index is 1.73. The lowest BCUT2D eigenvalue weighted by atomic mass is 10.1. The number of nitrogens with zero attached hydrogens (tertiary/aromatic N) is 3. The van der Waals surface area contributed by atoms with E-state index in [4.69, 9.17) is 16.3 Å². The topological polar surface area (TPSA) is 153 Å². The average molecular weight is 562 g/mol. The van der Waals surface area contributed by atoms with Crippen molar-refractivity contribution in [1.29, 1.82) is 0 Å². The molecule has 2 aromatic carbocycles. The number of ether oxygens (including phenoxy) is 1. The molecule has 0 aliphatic carbocycles. The molecule has 1 amide bonds. The Labute approximate surface area is 220 Å². The number of carbonyl (C=O) groups is 1. The Bertz CT molecular complexity index is 1710. The number of pyridine rings is 1. The van der Waals surface area contributed by atoms with Crippen molar-refractivity contribution in [3.8, 4) is 17.0 Å². The molecule has 0 bridgehead atoms. The highest BCUT2D eigenvalue weighted by atomic mass is 35.5. The molecule has 2 heterocycles. The van der Waals surface area contributed by atoms with Crippen LogP contribution in [0.2, 0.25) is 5.02 Å². The third-order valence-corrected chi connectivity index (χ3v) is 7.40. The quantitative estimate of drug-likeness (QED) is 0.296. The molecule has 2 aromatic heterocycles. The first-order valence-corrected chi connectivity index (χ1v) is 12.8. The van der Waals surface area contributed by atoms with Crippen LogP contribution in [0.3, 0.4) is 0 Å². The van der Waals surface area contributed by atoms with Gasteiger partial charge >= 0.3 is 0 Å². The number of sulfonamides is 1. The van der Waals surface area contributed by atoms with Crippen LogP contribution < -0.4 is 20.3 Å². The lowest BCUT2D eigenvalue weighted by Gasteiger charge is -2.14. The van der Waals surface area contributed by atoms with Crippen LogP contribution >= 0.6 is 11.6 Å². The van der Waals surface area contributed by atoms with Gasteiger partial charge in [-0.3, -0.25) is 18.9 Å². The largest absolute Gasteiger partial charge is 0.480 e. The van der Waals surface area contributed by atoms with Crippen LogP contribution in [0.5, 0.6) is 5.88 Å². The number of nitrogens with one attached hydrogen (secondary N) is 2. The van der Waals surface area contributed by atoms with Crippen LogP contribution in [-0.2, 0) is 21.4 Å². The Morgan fingerprint density at radius 3 is 2.63 bits per heavy atom. The molecule has 38 heavy (non-hydrogen) atoms. The number of hydrogen-bond donors (Lipinski definition) is 3. The number of aliphatic hydroxyl groups excluding tert-OH is 1. The van der Waals surface area contributed by atoms with Gasteiger partial charge in [-0.2, -0.15) is 0 Å². The van der Waals surface area contributed by atoms with Crippen molar-refractivity contribution in [1.82, 2.24) is 19.9 Å². The zero-order chi connectivity index (χ0) is 27.6. The second kappa shape index (κ2) is 10.7. The Kier molecular flexibility index (Phi) is 7.62. The first kappa shape index (κ1) is 27.0. The van der Waals surface area contributed by atoms with Gasteiger partial charge in [0.2, 0.25) is 11.8 Å². The van der Waals surface area contributed by atoms with Crippen molar-refractivity contribution in [3.05, 3.63) is 76.2 Å². The maximum atomic E-state index is 13.4. The number of anilines is 1. The zero-order valence-electron chi connectivity index (χ0n) is 20.0. The van der Waals surface area contributed by atoms with Crippen molar-refractivity contribution in [2.75, 3.05) is 18.9 Å². The van der Waals surface area contributed by atoms with E-state index in [1.54, 1.807) is 12.1 Å². The number of benzene rings is 2. The minimum absolute atomic E-state index is 0.0252. The summed E-state index contributed by atoms with van der Waals surface area (Å²) in [6.07, 6.45) is 1.21. The molecule has 198 valence electrons. The first-order chi connectivity index (χ1) is 18.0. The molecule has 0 saturated carbocycles. The van der Waals surface area contributed by atoms with E-state index < -0.39 is 33.4 Å². The summed E-state index contributed by atoms with van der Waals surface area (Å²) in [7, 11) is -1.58. The average Bonchev–Trinajstić information content (AvgIpc) is 2.89. The van der Waals surface area contributed by atoms with E-state index in [1.165, 1.54) is 38.8 Å². The summed E-state index contributed by atoms with van der Waals surface area (Å²) in [5.41, 5.74) is 0.779. The van der Waals surface area contributed by atoms with E-state index in [9.17, 15) is 27.5 Å². The second-order valence-corrected chi connectivity index (χ2v) is 10.1. The van der Waals surface area contributed by atoms with Gasteiger partial charge in [-0.15, -0.1) is 0 Å². The van der Waals surface area contributed by atoms with Gasteiger partial charge in [0.05, 0.1) is 35.9 Å². The van der Waals surface area contributed by atoms with Crippen molar-refractivity contribution >= 4 is 44.1 Å². The summed E-state index contributed by atoms with van der Waals surface area (Å²) < 4.78 is 48.0. The maximum Gasteiger partial charge on any atom is 0.263 e. The number of halogens is 2. The minimum Gasteiger partial charge on any atom is -0.480 e. The lowest BCUT2D eigenvalue weighted by Crippen LogP contribution is -2.37. The molecule has 11 nitrogen and oxygen atoms in total. The molecule has 0 saturated heterocycles. The summed E-state index contributed by atoms with van der Waals surface area (Å²) in [4.78, 5) is 32.7. The van der Waals surface area contributed by atoms with Gasteiger partial charge in [-0.25, -0.2) is 22.8 Å². The number of amides is 1. The molecule has 4 rings (SSSR count). The number of hydrogen-bond acceptors (Lipinski definition) is 8. The Morgan fingerprint density at radius 1 is 1.18 bits per heavy atom. The number of carbonyl (C=O) groups excluding carboxylic acids is 1. The van der Waals surface area contributed by atoms with Crippen LogP contribution in [-0.4, -0.2) is 54.2 Å². The van der Waals surface area contributed by atoms with Crippen LogP contribution in [0.4, 0.5) is 10.1 Å². The minimum atomic E-state index is -4.25. The number of methoxy groups -OCH3 is 1. The van der Waals surface area contributed by atoms with E-state index in [1.807, 2.05) is 0 Å². The predicted molar refractivity (Wildman–Crippen MR) is 138 cm³/mol. The highest BCUT2D eigenvalue weighted by molar-refractivity contribution is 7.92. The fourth-order valence-electron chi connectivity index (χ4n) is 3.64. The second-order valence-electron chi connectivity index (χ2n) is 8.03. The molecule has 0 fully saturated rings. The van der Waals surface area contributed by atoms with E-state index in [-0.39, 0.29) is 33.4 Å². The molecule has 14 heteroatoms. The summed E-state index contributed by atoms with van der Waals surface area (Å²) in [6.45, 7) is -0.298. The molecule has 4 aromatic rings. The summed E-state index contributed by atoms with van der Waals surface area (Å²) in [5.74, 6) is -1.38. The number of aromatic nitrogens is 3. The van der Waals surface area contributed by atoms with Crippen molar-refractivity contribution in [3.63, 3.8) is 0 Å². The van der Waals surface area contributed by atoms with E-state index >= 15 is 0 Å². The molecular weight excluding hydrogens is 541 g/mol. The smallest absolute Gasteiger partial charge is 0.263 e. The third-order valence-electron chi connectivity index (χ3n) is 5.55. The third kappa shape index (κ3) is 5.44. The number of fused-ring (bicyclic) bond motifs is 1. The fourth-order valence-corrected chi connectivity index (χ4v) is 5.22. The molecule has 3 N–H and O–H groups in total. The zero-order valence-corrected chi connectivity index (χ0v) is 21.5. The maximum absolute atomic E-state index is 13.4. The fraction of sp³-hybridized carbons (Fsp3) is 0.167. The van der Waals surface area contributed by atoms with Crippen molar-refractivity contribution in [2.24, 2.45) is 0 Å². The normalized spacial score (nSPS) is 12.2. The predicted octanol–water partition coefficient (Wildman–Crippen LogP) is 2.17. The van der Waals surface area contributed by atoms with Gasteiger partial charge in [0.25, 0.3) is 15.6 Å². The molecular formula is C24H21ClFN5O6S. The van der Waals surface area contributed by atoms with Crippen LogP contribution in [0.15, 0.2) is 64.7 Å². The first-order valence-electron chi connectivity index (χ1n) is 10.9. The molecule has 0 aliphatic rings. The van der Waals surface area contributed by atoms with Gasteiger partial charge in [0, 0.05) is 18.8 Å². The van der Waals surface area contributed by atoms with E-state index in [0.29, 0.717) is 16.6 Å². The van der Waals surface area contributed by atoms with Crippen molar-refractivity contribution < 1.29 is 27.4 Å². The SMILES string of the molecule is CNC(=O)C(O)Cn1cnc2ccc(-c3cnc(OC)c(NS(=O)(=O)c4ccc(F)cc4Cl)c3)cc2c1=O. The van der Waals surface area contributed by atoms with Gasteiger partial charge in [0.15, 0.2) is 6.10 Å². The molecule has 0 spiro atoms. The van der Waals surface area contributed by atoms with Crippen LogP contribution in [0.1, 0.15) is 0 Å². The van der Waals surface area contributed by atoms with E-state index in [2.05, 4.69) is 20.0 Å². The number of likely N-dealkylation sites (N-methyl/N-ethyl adjacent to an activating group) is 1. The number of aliphatic hydroxyl groups is 1. The Hall–Kier alpha value is -4.07. The van der Waals surface area contributed by atoms with Gasteiger partial charge in [-0.1, -0.05) is 17.7 Å².